The Hall–Kier alpha value is -2.01. The number of nitrogens with one attached hydrogen (secondary N) is 1. The number of hydrogen-bond acceptors (Lipinski definition) is 4. The van der Waals surface area contributed by atoms with Crippen molar-refractivity contribution in [2.75, 3.05) is 5.32 Å². The lowest BCUT2D eigenvalue weighted by atomic mass is 10.1. The van der Waals surface area contributed by atoms with Gasteiger partial charge in [-0.1, -0.05) is 12.2 Å². The van der Waals surface area contributed by atoms with Gasteiger partial charge in [0.05, 0.1) is 5.56 Å². The number of aryl methyl sites for hydroxylation is 2. The fourth-order valence-electron chi connectivity index (χ4n) is 1.86. The van der Waals surface area contributed by atoms with Crippen molar-refractivity contribution in [1.29, 1.82) is 0 Å². The van der Waals surface area contributed by atoms with Crippen LogP contribution in [0.1, 0.15) is 22.3 Å². The van der Waals surface area contributed by atoms with E-state index in [2.05, 4.69) is 22.2 Å². The number of nitrogens with two attached hydrogens (primary N) is 1. The van der Waals surface area contributed by atoms with E-state index in [0.717, 1.165) is 22.5 Å². The first-order chi connectivity index (χ1) is 9.09. The van der Waals surface area contributed by atoms with Gasteiger partial charge < -0.3 is 11.1 Å². The maximum atomic E-state index is 5.75. The van der Waals surface area contributed by atoms with E-state index in [-0.39, 0.29) is 0 Å². The summed E-state index contributed by atoms with van der Waals surface area (Å²) in [4.78, 5) is 8.79. The number of pyridine rings is 2. The van der Waals surface area contributed by atoms with E-state index in [9.17, 15) is 0 Å². The van der Waals surface area contributed by atoms with Crippen LogP contribution in [-0.4, -0.2) is 15.0 Å². The smallest absolute Gasteiger partial charge is 0.136 e. The normalized spacial score (nSPS) is 10.2. The molecule has 0 radical (unpaired) electrons. The topological polar surface area (TPSA) is 63.8 Å². The number of hydrogen-bond donors (Lipinski definition) is 2. The molecule has 2 rings (SSSR count). The van der Waals surface area contributed by atoms with Crippen LogP contribution < -0.4 is 11.1 Å². The second-order valence-corrected chi connectivity index (χ2v) is 4.81. The van der Waals surface area contributed by atoms with Gasteiger partial charge in [0.1, 0.15) is 10.8 Å². The monoisotopic (exact) mass is 272 g/mol. The fourth-order valence-corrected chi connectivity index (χ4v) is 2.12. The summed E-state index contributed by atoms with van der Waals surface area (Å²) >= 11 is 5.08. The number of anilines is 1. The van der Waals surface area contributed by atoms with Gasteiger partial charge in [0.25, 0.3) is 0 Å². The van der Waals surface area contributed by atoms with E-state index in [0.29, 0.717) is 11.5 Å². The molecular formula is C14H16N4S. The summed E-state index contributed by atoms with van der Waals surface area (Å²) in [5.74, 6) is 0.718. The largest absolute Gasteiger partial charge is 0.389 e. The maximum absolute atomic E-state index is 5.75. The Morgan fingerprint density at radius 3 is 2.68 bits per heavy atom. The third-order valence-corrected chi connectivity index (χ3v) is 3.20. The first-order valence-corrected chi connectivity index (χ1v) is 6.39. The van der Waals surface area contributed by atoms with Crippen LogP contribution in [0.4, 0.5) is 5.82 Å². The summed E-state index contributed by atoms with van der Waals surface area (Å²) in [6.07, 6.45) is 5.37. The zero-order valence-corrected chi connectivity index (χ0v) is 11.8. The van der Waals surface area contributed by atoms with E-state index in [1.165, 1.54) is 5.56 Å². The van der Waals surface area contributed by atoms with Crippen LogP contribution in [0.25, 0.3) is 0 Å². The van der Waals surface area contributed by atoms with Gasteiger partial charge in [-0.15, -0.1) is 0 Å². The van der Waals surface area contributed by atoms with E-state index in [1.807, 2.05) is 25.3 Å². The summed E-state index contributed by atoms with van der Waals surface area (Å²) in [5.41, 5.74) is 9.89. The Morgan fingerprint density at radius 2 is 2.00 bits per heavy atom. The Morgan fingerprint density at radius 1 is 1.26 bits per heavy atom. The SMILES string of the molecule is Cc1ccncc1CNc1nccc(C)c1C(N)=S. The zero-order chi connectivity index (χ0) is 13.8. The van der Waals surface area contributed by atoms with Crippen LogP contribution in [0, 0.1) is 13.8 Å². The van der Waals surface area contributed by atoms with Crippen molar-refractivity contribution >= 4 is 23.0 Å². The molecule has 0 amide bonds. The molecule has 0 aliphatic rings. The minimum absolute atomic E-state index is 0.357. The third kappa shape index (κ3) is 3.06. The van der Waals surface area contributed by atoms with E-state index in [4.69, 9.17) is 18.0 Å². The summed E-state index contributed by atoms with van der Waals surface area (Å²) in [7, 11) is 0. The molecule has 0 bridgehead atoms. The second kappa shape index (κ2) is 5.75. The first-order valence-electron chi connectivity index (χ1n) is 5.98. The summed E-state index contributed by atoms with van der Waals surface area (Å²) < 4.78 is 0. The number of rotatable bonds is 4. The molecule has 2 heterocycles. The molecule has 98 valence electrons. The van der Waals surface area contributed by atoms with Gasteiger partial charge in [-0.2, -0.15) is 0 Å². The molecule has 0 saturated carbocycles. The molecule has 3 N–H and O–H groups in total. The van der Waals surface area contributed by atoms with Gasteiger partial charge in [-0.25, -0.2) is 4.98 Å². The zero-order valence-electron chi connectivity index (χ0n) is 11.0. The Balaban J connectivity index is 2.23. The fraction of sp³-hybridized carbons (Fsp3) is 0.214. The number of aromatic nitrogens is 2. The summed E-state index contributed by atoms with van der Waals surface area (Å²) in [6, 6.07) is 3.88. The van der Waals surface area contributed by atoms with Crippen LogP contribution in [0.2, 0.25) is 0 Å². The van der Waals surface area contributed by atoms with E-state index >= 15 is 0 Å². The molecular weight excluding hydrogens is 256 g/mol. The highest BCUT2D eigenvalue weighted by atomic mass is 32.1. The molecule has 5 heteroatoms. The average Bonchev–Trinajstić information content (AvgIpc) is 2.37. The summed E-state index contributed by atoms with van der Waals surface area (Å²) in [5, 5.41) is 3.27. The minimum Gasteiger partial charge on any atom is -0.389 e. The first kappa shape index (κ1) is 13.4. The maximum Gasteiger partial charge on any atom is 0.136 e. The molecule has 0 aliphatic heterocycles. The predicted molar refractivity (Wildman–Crippen MR) is 81.2 cm³/mol. The third-order valence-electron chi connectivity index (χ3n) is 3.00. The molecule has 0 unspecified atom stereocenters. The molecule has 0 atom stereocenters. The van der Waals surface area contributed by atoms with E-state index < -0.39 is 0 Å². The van der Waals surface area contributed by atoms with E-state index in [1.54, 1.807) is 12.4 Å². The van der Waals surface area contributed by atoms with Crippen LogP contribution in [0.3, 0.4) is 0 Å². The van der Waals surface area contributed by atoms with Crippen LogP contribution in [0.15, 0.2) is 30.7 Å². The Labute approximate surface area is 118 Å². The molecule has 0 aromatic carbocycles. The van der Waals surface area contributed by atoms with Crippen molar-refractivity contribution in [3.63, 3.8) is 0 Å². The molecule has 19 heavy (non-hydrogen) atoms. The molecule has 0 saturated heterocycles. The second-order valence-electron chi connectivity index (χ2n) is 4.37. The Bertz CT molecular complexity index is 610. The van der Waals surface area contributed by atoms with Gasteiger partial charge in [0.2, 0.25) is 0 Å². The van der Waals surface area contributed by atoms with Crippen molar-refractivity contribution in [2.45, 2.75) is 20.4 Å². The molecule has 2 aromatic rings. The highest BCUT2D eigenvalue weighted by Crippen LogP contribution is 2.17. The molecule has 0 aliphatic carbocycles. The van der Waals surface area contributed by atoms with Crippen molar-refractivity contribution in [3.05, 3.63) is 53.0 Å². The van der Waals surface area contributed by atoms with Gasteiger partial charge >= 0.3 is 0 Å². The van der Waals surface area contributed by atoms with Gasteiger partial charge in [-0.3, -0.25) is 4.98 Å². The lowest BCUT2D eigenvalue weighted by molar-refractivity contribution is 1.06. The Kier molecular flexibility index (Phi) is 4.06. The molecule has 4 nitrogen and oxygen atoms in total. The van der Waals surface area contributed by atoms with Crippen molar-refractivity contribution in [2.24, 2.45) is 5.73 Å². The summed E-state index contributed by atoms with van der Waals surface area (Å²) in [6.45, 7) is 4.67. The lowest BCUT2D eigenvalue weighted by Crippen LogP contribution is -2.16. The van der Waals surface area contributed by atoms with Crippen molar-refractivity contribution in [1.82, 2.24) is 9.97 Å². The van der Waals surface area contributed by atoms with Crippen molar-refractivity contribution < 1.29 is 0 Å². The molecule has 0 fully saturated rings. The minimum atomic E-state index is 0.357. The van der Waals surface area contributed by atoms with Crippen molar-refractivity contribution in [3.8, 4) is 0 Å². The van der Waals surface area contributed by atoms with Gasteiger partial charge in [-0.05, 0) is 42.7 Å². The molecule has 0 spiro atoms. The molecule has 2 aromatic heterocycles. The number of thiocarbonyl (C=S) groups is 1. The highest BCUT2D eigenvalue weighted by molar-refractivity contribution is 7.80. The highest BCUT2D eigenvalue weighted by Gasteiger charge is 2.09. The van der Waals surface area contributed by atoms with Gasteiger partial charge in [0, 0.05) is 25.1 Å². The average molecular weight is 272 g/mol. The van der Waals surface area contributed by atoms with Crippen LogP contribution in [0.5, 0.6) is 0 Å². The quantitative estimate of drug-likeness (QED) is 0.836. The van der Waals surface area contributed by atoms with Crippen LogP contribution >= 0.6 is 12.2 Å². The van der Waals surface area contributed by atoms with Crippen LogP contribution in [-0.2, 0) is 6.54 Å². The predicted octanol–water partition coefficient (Wildman–Crippen LogP) is 2.34. The lowest BCUT2D eigenvalue weighted by Gasteiger charge is -2.13. The standard InChI is InChI=1S/C14H16N4S/c1-9-3-5-16-7-11(9)8-18-14-12(13(15)19)10(2)4-6-17-14/h3-7H,8H2,1-2H3,(H2,15,19)(H,17,18). The van der Waals surface area contributed by atoms with Gasteiger partial charge in [0.15, 0.2) is 0 Å². The number of nitrogens with zero attached hydrogens (tertiary/aromatic N) is 2.